The summed E-state index contributed by atoms with van der Waals surface area (Å²) in [6.45, 7) is 4.96. The van der Waals surface area contributed by atoms with Crippen LogP contribution >= 0.6 is 15.9 Å². The molecule has 8 nitrogen and oxygen atoms in total. The molecule has 0 aliphatic carbocycles. The van der Waals surface area contributed by atoms with E-state index in [-0.39, 0.29) is 0 Å². The van der Waals surface area contributed by atoms with Gasteiger partial charge < -0.3 is 10.1 Å². The zero-order chi connectivity index (χ0) is 17.8. The number of nitrogens with one attached hydrogen (secondary N) is 2. The van der Waals surface area contributed by atoms with Crippen molar-refractivity contribution in [1.29, 1.82) is 0 Å². The van der Waals surface area contributed by atoms with Crippen molar-refractivity contribution in [1.82, 2.24) is 19.6 Å². The highest BCUT2D eigenvalue weighted by atomic mass is 79.9. The largest absolute Gasteiger partial charge is 0.418 e. The average molecular weight is 405 g/mol. The van der Waals surface area contributed by atoms with Gasteiger partial charge in [-0.15, -0.1) is 0 Å². The maximum Gasteiger partial charge on any atom is 0.418 e. The predicted octanol–water partition coefficient (Wildman–Crippen LogP) is 3.57. The van der Waals surface area contributed by atoms with E-state index in [1.807, 2.05) is 0 Å². The summed E-state index contributed by atoms with van der Waals surface area (Å²) < 4.78 is 7.46. The summed E-state index contributed by atoms with van der Waals surface area (Å²) in [5, 5.41) is 10.1. The van der Waals surface area contributed by atoms with Crippen LogP contribution in [-0.4, -0.2) is 32.2 Å². The van der Waals surface area contributed by atoms with Crippen LogP contribution in [0.25, 0.3) is 5.65 Å². The van der Waals surface area contributed by atoms with Gasteiger partial charge in [-0.05, 0) is 34.0 Å². The Kier molecular flexibility index (Phi) is 5.13. The zero-order valence-electron chi connectivity index (χ0n) is 13.7. The van der Waals surface area contributed by atoms with Gasteiger partial charge >= 0.3 is 6.09 Å². The molecule has 3 aromatic rings. The number of anilines is 2. The minimum atomic E-state index is -0.637. The molecule has 1 amide bonds. The van der Waals surface area contributed by atoms with E-state index in [2.05, 4.69) is 55.5 Å². The molecule has 25 heavy (non-hydrogen) atoms. The summed E-state index contributed by atoms with van der Waals surface area (Å²) in [5.41, 5.74) is 0.588. The van der Waals surface area contributed by atoms with E-state index in [0.29, 0.717) is 29.0 Å². The van der Waals surface area contributed by atoms with Crippen LogP contribution in [0.3, 0.4) is 0 Å². The van der Waals surface area contributed by atoms with Gasteiger partial charge in [0.15, 0.2) is 11.4 Å². The smallest absolute Gasteiger partial charge is 0.408 e. The summed E-state index contributed by atoms with van der Waals surface area (Å²) in [7, 11) is 0. The van der Waals surface area contributed by atoms with Crippen molar-refractivity contribution in [3.05, 3.63) is 41.3 Å². The first-order valence-electron chi connectivity index (χ1n) is 7.70. The molecule has 0 saturated heterocycles. The minimum Gasteiger partial charge on any atom is -0.408 e. The van der Waals surface area contributed by atoms with Crippen molar-refractivity contribution in [2.75, 3.05) is 17.2 Å². The Morgan fingerprint density at radius 3 is 2.96 bits per heavy atom. The number of carbonyl (C=O) groups excluding carboxylic acids is 1. The lowest BCUT2D eigenvalue weighted by molar-refractivity contribution is 0.215. The molecule has 0 aliphatic rings. The molecule has 2 N–H and O–H groups in total. The summed E-state index contributed by atoms with van der Waals surface area (Å²) in [4.78, 5) is 20.6. The summed E-state index contributed by atoms with van der Waals surface area (Å²) in [6.07, 6.45) is 4.04. The molecule has 0 aromatic carbocycles. The molecule has 0 aliphatic heterocycles. The van der Waals surface area contributed by atoms with Crippen LogP contribution < -0.4 is 15.4 Å². The Labute approximate surface area is 152 Å². The monoisotopic (exact) mass is 404 g/mol. The fourth-order valence-corrected chi connectivity index (χ4v) is 2.42. The van der Waals surface area contributed by atoms with E-state index in [0.717, 1.165) is 11.0 Å². The van der Waals surface area contributed by atoms with Gasteiger partial charge in [0.05, 0.1) is 16.9 Å². The maximum atomic E-state index is 12.2. The number of hydrogen-bond donors (Lipinski definition) is 2. The van der Waals surface area contributed by atoms with E-state index in [9.17, 15) is 4.79 Å². The van der Waals surface area contributed by atoms with E-state index >= 15 is 0 Å². The molecular formula is C16H17BrN6O2. The van der Waals surface area contributed by atoms with Crippen LogP contribution in [0.2, 0.25) is 0 Å². The number of ether oxygens (including phenoxy) is 1. The first-order valence-corrected chi connectivity index (χ1v) is 8.49. The highest BCUT2D eigenvalue weighted by molar-refractivity contribution is 9.10. The van der Waals surface area contributed by atoms with Crippen molar-refractivity contribution < 1.29 is 9.53 Å². The Hall–Kier alpha value is -2.68. The summed E-state index contributed by atoms with van der Waals surface area (Å²) in [6, 6.07) is 5.04. The van der Waals surface area contributed by atoms with Crippen LogP contribution in [0.5, 0.6) is 5.75 Å². The second-order valence-electron chi connectivity index (χ2n) is 5.73. The molecule has 0 bridgehead atoms. The summed E-state index contributed by atoms with van der Waals surface area (Å²) in [5.74, 6) is 1.89. The van der Waals surface area contributed by atoms with Crippen molar-refractivity contribution >= 4 is 39.3 Å². The standard InChI is InChI=1S/C16H17BrN6O2/c1-10(2)7-19-13-6-14(23-15(21-13)12(17)9-20-23)22-16(24)25-11-4-3-5-18-8-11/h3-6,8-10H,7H2,1-2H3,(H,19,21)(H,22,24). The van der Waals surface area contributed by atoms with Crippen LogP contribution in [0.4, 0.5) is 16.4 Å². The number of fused-ring (bicyclic) bond motifs is 1. The number of hydrogen-bond acceptors (Lipinski definition) is 6. The van der Waals surface area contributed by atoms with Gasteiger partial charge in [0.1, 0.15) is 11.6 Å². The van der Waals surface area contributed by atoms with E-state index in [1.54, 1.807) is 30.6 Å². The number of halogens is 1. The predicted molar refractivity (Wildman–Crippen MR) is 97.9 cm³/mol. The molecule has 130 valence electrons. The lowest BCUT2D eigenvalue weighted by atomic mass is 10.2. The van der Waals surface area contributed by atoms with Crippen LogP contribution in [0, 0.1) is 5.92 Å². The molecule has 0 atom stereocenters. The van der Waals surface area contributed by atoms with Crippen LogP contribution in [0.15, 0.2) is 41.3 Å². The first-order chi connectivity index (χ1) is 12.0. The Morgan fingerprint density at radius 2 is 2.24 bits per heavy atom. The molecule has 3 aromatic heterocycles. The second kappa shape index (κ2) is 7.47. The van der Waals surface area contributed by atoms with Gasteiger partial charge in [-0.3, -0.25) is 10.3 Å². The highest BCUT2D eigenvalue weighted by Crippen LogP contribution is 2.23. The van der Waals surface area contributed by atoms with Crippen LogP contribution in [-0.2, 0) is 0 Å². The van der Waals surface area contributed by atoms with Crippen molar-refractivity contribution in [3.63, 3.8) is 0 Å². The first kappa shape index (κ1) is 17.2. The number of aromatic nitrogens is 4. The molecule has 0 saturated carbocycles. The maximum absolute atomic E-state index is 12.2. The molecular weight excluding hydrogens is 388 g/mol. The lowest BCUT2D eigenvalue weighted by Crippen LogP contribution is -2.20. The van der Waals surface area contributed by atoms with Gasteiger partial charge in [0.2, 0.25) is 0 Å². The fraction of sp³-hybridized carbons (Fsp3) is 0.250. The third kappa shape index (κ3) is 4.24. The molecule has 3 heterocycles. The van der Waals surface area contributed by atoms with Crippen LogP contribution in [0.1, 0.15) is 13.8 Å². The number of carbonyl (C=O) groups is 1. The van der Waals surface area contributed by atoms with Gasteiger partial charge in [0, 0.05) is 18.8 Å². The SMILES string of the molecule is CC(C)CNc1cc(NC(=O)Oc2cccnc2)n2ncc(Br)c2n1. The molecule has 0 unspecified atom stereocenters. The molecule has 3 rings (SSSR count). The van der Waals surface area contributed by atoms with E-state index in [1.165, 1.54) is 10.7 Å². The number of amides is 1. The quantitative estimate of drug-likeness (QED) is 0.674. The van der Waals surface area contributed by atoms with E-state index in [4.69, 9.17) is 4.74 Å². The van der Waals surface area contributed by atoms with Crippen molar-refractivity contribution in [3.8, 4) is 5.75 Å². The summed E-state index contributed by atoms with van der Waals surface area (Å²) >= 11 is 3.41. The zero-order valence-corrected chi connectivity index (χ0v) is 15.3. The number of rotatable bonds is 5. The van der Waals surface area contributed by atoms with Gasteiger partial charge in [-0.1, -0.05) is 13.8 Å². The number of pyridine rings is 1. The highest BCUT2D eigenvalue weighted by Gasteiger charge is 2.14. The minimum absolute atomic E-state index is 0.352. The Bertz CT molecular complexity index is 881. The van der Waals surface area contributed by atoms with Gasteiger partial charge in [-0.2, -0.15) is 9.61 Å². The lowest BCUT2D eigenvalue weighted by Gasteiger charge is -2.12. The Morgan fingerprint density at radius 1 is 1.40 bits per heavy atom. The third-order valence-electron chi connectivity index (χ3n) is 3.20. The normalized spacial score (nSPS) is 10.9. The average Bonchev–Trinajstić information content (AvgIpc) is 2.95. The number of nitrogens with zero attached hydrogens (tertiary/aromatic N) is 4. The van der Waals surface area contributed by atoms with Crippen molar-refractivity contribution in [2.24, 2.45) is 5.92 Å². The fourth-order valence-electron chi connectivity index (χ4n) is 2.07. The van der Waals surface area contributed by atoms with Crippen molar-refractivity contribution in [2.45, 2.75) is 13.8 Å². The molecule has 0 radical (unpaired) electrons. The third-order valence-corrected chi connectivity index (χ3v) is 3.75. The molecule has 0 spiro atoms. The second-order valence-corrected chi connectivity index (χ2v) is 6.59. The molecule has 9 heteroatoms. The molecule has 0 fully saturated rings. The van der Waals surface area contributed by atoms with Gasteiger partial charge in [0.25, 0.3) is 0 Å². The van der Waals surface area contributed by atoms with E-state index < -0.39 is 6.09 Å². The Balaban J connectivity index is 1.84. The topological polar surface area (TPSA) is 93.4 Å². The van der Waals surface area contributed by atoms with Gasteiger partial charge in [-0.25, -0.2) is 9.78 Å².